The number of likely N-dealkylation sites (N-methyl/N-ethyl adjacent to an activating group) is 1. The van der Waals surface area contributed by atoms with Crippen molar-refractivity contribution in [2.24, 2.45) is 0 Å². The Morgan fingerprint density at radius 1 is 1.17 bits per heavy atom. The highest BCUT2D eigenvalue weighted by Gasteiger charge is 2.12. The molecule has 0 atom stereocenters. The summed E-state index contributed by atoms with van der Waals surface area (Å²) in [4.78, 5) is 18.6. The van der Waals surface area contributed by atoms with Gasteiger partial charge in [0.15, 0.2) is 11.7 Å². The predicted octanol–water partition coefficient (Wildman–Crippen LogP) is 4.36. The normalized spacial score (nSPS) is 10.7. The summed E-state index contributed by atoms with van der Waals surface area (Å²) in [6.07, 6.45) is 2.14. The van der Waals surface area contributed by atoms with Crippen molar-refractivity contribution in [3.63, 3.8) is 0 Å². The quantitative estimate of drug-likeness (QED) is 0.585. The molecule has 1 amide bonds. The van der Waals surface area contributed by atoms with Crippen LogP contribution in [0.5, 0.6) is 0 Å². The predicted molar refractivity (Wildman–Crippen MR) is 112 cm³/mol. The molecule has 0 bridgehead atoms. The number of hydrogen-bond acceptors (Lipinski definition) is 4. The van der Waals surface area contributed by atoms with Crippen LogP contribution in [-0.4, -0.2) is 30.5 Å². The zero-order valence-corrected chi connectivity index (χ0v) is 16.8. The Balaban J connectivity index is 1.46. The topological polar surface area (TPSA) is 58.4 Å². The summed E-state index contributed by atoms with van der Waals surface area (Å²) < 4.78 is 19.4. The van der Waals surface area contributed by atoms with Crippen molar-refractivity contribution in [3.05, 3.63) is 72.0 Å². The van der Waals surface area contributed by atoms with E-state index in [1.807, 2.05) is 12.1 Å². The molecule has 0 radical (unpaired) electrons. The molecule has 29 heavy (non-hydrogen) atoms. The van der Waals surface area contributed by atoms with Crippen molar-refractivity contribution in [3.8, 4) is 11.3 Å². The average Bonchev–Trinajstić information content (AvgIpc) is 3.19. The maximum Gasteiger partial charge on any atom is 0.220 e. The number of para-hydroxylation sites is 1. The lowest BCUT2D eigenvalue weighted by Crippen LogP contribution is -2.35. The van der Waals surface area contributed by atoms with Crippen LogP contribution >= 0.6 is 0 Å². The number of rotatable bonds is 9. The summed E-state index contributed by atoms with van der Waals surface area (Å²) in [6.45, 7) is 6.36. The summed E-state index contributed by atoms with van der Waals surface area (Å²) >= 11 is 0. The Bertz CT molecular complexity index is 955. The van der Waals surface area contributed by atoms with Crippen LogP contribution in [0.4, 0.5) is 10.1 Å². The Morgan fingerprint density at radius 3 is 2.69 bits per heavy atom. The number of aromatic nitrogens is 1. The molecule has 0 saturated heterocycles. The van der Waals surface area contributed by atoms with Crippen molar-refractivity contribution >= 4 is 11.6 Å². The zero-order chi connectivity index (χ0) is 20.6. The number of carbonyl (C=O) groups excluding carboxylic acids is 1. The molecule has 3 rings (SSSR count). The van der Waals surface area contributed by atoms with Gasteiger partial charge < -0.3 is 14.6 Å². The van der Waals surface area contributed by atoms with E-state index >= 15 is 0 Å². The van der Waals surface area contributed by atoms with E-state index in [1.54, 1.807) is 18.2 Å². The van der Waals surface area contributed by atoms with Crippen molar-refractivity contribution in [1.29, 1.82) is 0 Å². The number of halogens is 1. The van der Waals surface area contributed by atoms with E-state index in [0.29, 0.717) is 30.2 Å². The third kappa shape index (κ3) is 5.44. The number of hydrogen-bond donors (Lipinski definition) is 1. The smallest absolute Gasteiger partial charge is 0.220 e. The highest BCUT2D eigenvalue weighted by Crippen LogP contribution is 2.23. The number of amides is 1. The monoisotopic (exact) mass is 395 g/mol. The summed E-state index contributed by atoms with van der Waals surface area (Å²) in [5.41, 5.74) is 2.77. The molecule has 152 valence electrons. The first-order valence-electron chi connectivity index (χ1n) is 9.85. The van der Waals surface area contributed by atoms with Gasteiger partial charge in [0.25, 0.3) is 0 Å². The van der Waals surface area contributed by atoms with Crippen LogP contribution < -0.4 is 10.2 Å². The van der Waals surface area contributed by atoms with Gasteiger partial charge in [0.2, 0.25) is 5.91 Å². The van der Waals surface area contributed by atoms with Gasteiger partial charge in [-0.2, -0.15) is 0 Å². The van der Waals surface area contributed by atoms with Crippen molar-refractivity contribution in [2.75, 3.05) is 24.5 Å². The number of benzene rings is 2. The fraction of sp³-hybridized carbons (Fsp3) is 0.304. The maximum atomic E-state index is 13.8. The molecule has 0 unspecified atom stereocenters. The Kier molecular flexibility index (Phi) is 7.00. The van der Waals surface area contributed by atoms with Gasteiger partial charge in [-0.3, -0.25) is 4.79 Å². The number of anilines is 1. The molecular weight excluding hydrogens is 369 g/mol. The van der Waals surface area contributed by atoms with Gasteiger partial charge in [-0.15, -0.1) is 0 Å². The van der Waals surface area contributed by atoms with Crippen LogP contribution in [0.15, 0.2) is 59.1 Å². The summed E-state index contributed by atoms with van der Waals surface area (Å²) in [5.74, 6) is 0.377. The van der Waals surface area contributed by atoms with Crippen LogP contribution in [0.2, 0.25) is 0 Å². The van der Waals surface area contributed by atoms with Crippen LogP contribution in [0.3, 0.4) is 0 Å². The lowest BCUT2D eigenvalue weighted by atomic mass is 10.2. The second-order valence-electron chi connectivity index (χ2n) is 6.81. The first kappa shape index (κ1) is 20.6. The van der Waals surface area contributed by atoms with Crippen molar-refractivity contribution < 1.29 is 13.6 Å². The highest BCUT2D eigenvalue weighted by atomic mass is 19.1. The minimum atomic E-state index is -0.359. The van der Waals surface area contributed by atoms with E-state index in [0.717, 1.165) is 13.1 Å². The Labute approximate surface area is 170 Å². The zero-order valence-electron chi connectivity index (χ0n) is 16.8. The third-order valence-electron chi connectivity index (χ3n) is 4.80. The van der Waals surface area contributed by atoms with E-state index < -0.39 is 0 Å². The molecule has 1 N–H and O–H groups in total. The first-order valence-corrected chi connectivity index (χ1v) is 9.85. The van der Waals surface area contributed by atoms with Crippen molar-refractivity contribution in [1.82, 2.24) is 10.3 Å². The fourth-order valence-electron chi connectivity index (χ4n) is 3.22. The molecule has 0 saturated carbocycles. The SMILES string of the molecule is CCN(CCNC(=O)CCc1ncc(-c2ccccc2F)o1)c1ccccc1C. The lowest BCUT2D eigenvalue weighted by Gasteiger charge is -2.25. The van der Waals surface area contributed by atoms with Gasteiger partial charge in [-0.25, -0.2) is 9.37 Å². The Morgan fingerprint density at radius 2 is 1.93 bits per heavy atom. The average molecular weight is 395 g/mol. The minimum absolute atomic E-state index is 0.0588. The number of aryl methyl sites for hydroxylation is 2. The van der Waals surface area contributed by atoms with E-state index in [9.17, 15) is 9.18 Å². The second kappa shape index (κ2) is 9.87. The molecule has 3 aromatic rings. The Hall–Kier alpha value is -3.15. The van der Waals surface area contributed by atoms with Crippen LogP contribution in [0.25, 0.3) is 11.3 Å². The minimum Gasteiger partial charge on any atom is -0.441 e. The highest BCUT2D eigenvalue weighted by molar-refractivity contribution is 5.76. The van der Waals surface area contributed by atoms with E-state index in [1.165, 1.54) is 23.5 Å². The van der Waals surface area contributed by atoms with Gasteiger partial charge in [0.1, 0.15) is 5.82 Å². The lowest BCUT2D eigenvalue weighted by molar-refractivity contribution is -0.121. The van der Waals surface area contributed by atoms with Crippen molar-refractivity contribution in [2.45, 2.75) is 26.7 Å². The van der Waals surface area contributed by atoms with E-state index in [4.69, 9.17) is 4.42 Å². The first-order chi connectivity index (χ1) is 14.1. The fourth-order valence-corrected chi connectivity index (χ4v) is 3.22. The van der Waals surface area contributed by atoms with Gasteiger partial charge in [0, 0.05) is 38.2 Å². The summed E-state index contributed by atoms with van der Waals surface area (Å²) in [5, 5.41) is 2.94. The molecular formula is C23H26FN3O2. The van der Waals surface area contributed by atoms with Crippen LogP contribution in [0.1, 0.15) is 24.8 Å². The summed E-state index contributed by atoms with van der Waals surface area (Å²) in [7, 11) is 0. The maximum absolute atomic E-state index is 13.8. The van der Waals surface area contributed by atoms with Gasteiger partial charge >= 0.3 is 0 Å². The number of nitrogens with one attached hydrogen (secondary N) is 1. The number of nitrogens with zero attached hydrogens (tertiary/aromatic N) is 2. The molecule has 2 aromatic carbocycles. The van der Waals surface area contributed by atoms with Gasteiger partial charge in [-0.1, -0.05) is 30.3 Å². The number of oxazole rings is 1. The molecule has 0 fully saturated rings. The van der Waals surface area contributed by atoms with Gasteiger partial charge in [0.05, 0.1) is 11.8 Å². The molecule has 5 nitrogen and oxygen atoms in total. The molecule has 6 heteroatoms. The largest absolute Gasteiger partial charge is 0.441 e. The van der Waals surface area contributed by atoms with E-state index in [2.05, 4.69) is 41.2 Å². The molecule has 1 heterocycles. The number of carbonyl (C=O) groups is 1. The van der Waals surface area contributed by atoms with Crippen LogP contribution in [-0.2, 0) is 11.2 Å². The molecule has 0 spiro atoms. The standard InChI is InChI=1S/C23H26FN3O2/c1-3-27(20-11-7-4-8-17(20)2)15-14-25-22(28)12-13-23-26-16-21(29-23)18-9-5-6-10-19(18)24/h4-11,16H,3,12-15H2,1-2H3,(H,25,28). The summed E-state index contributed by atoms with van der Waals surface area (Å²) in [6, 6.07) is 14.6. The van der Waals surface area contributed by atoms with Gasteiger partial charge in [-0.05, 0) is 37.6 Å². The third-order valence-corrected chi connectivity index (χ3v) is 4.80. The van der Waals surface area contributed by atoms with E-state index in [-0.39, 0.29) is 18.1 Å². The van der Waals surface area contributed by atoms with Crippen LogP contribution in [0, 0.1) is 12.7 Å². The molecule has 0 aliphatic carbocycles. The second-order valence-corrected chi connectivity index (χ2v) is 6.81. The molecule has 0 aliphatic rings. The molecule has 1 aromatic heterocycles. The molecule has 0 aliphatic heterocycles.